The summed E-state index contributed by atoms with van der Waals surface area (Å²) in [7, 11) is -1.75. The van der Waals surface area contributed by atoms with Gasteiger partial charge in [-0.25, -0.2) is 13.1 Å². The van der Waals surface area contributed by atoms with Gasteiger partial charge in [0.1, 0.15) is 0 Å². The van der Waals surface area contributed by atoms with Gasteiger partial charge in [-0.05, 0) is 31.0 Å². The van der Waals surface area contributed by atoms with Gasteiger partial charge in [-0.3, -0.25) is 4.68 Å². The summed E-state index contributed by atoms with van der Waals surface area (Å²) in [4.78, 5) is 0.270. The molecule has 0 aliphatic heterocycles. The zero-order valence-corrected chi connectivity index (χ0v) is 13.2. The summed E-state index contributed by atoms with van der Waals surface area (Å²) in [6.07, 6.45) is 1.67. The van der Waals surface area contributed by atoms with Gasteiger partial charge < -0.3 is 5.73 Å². The van der Waals surface area contributed by atoms with Crippen LogP contribution in [0.25, 0.3) is 0 Å². The Morgan fingerprint density at radius 2 is 2.05 bits per heavy atom. The molecule has 114 valence electrons. The van der Waals surface area contributed by atoms with Crippen LogP contribution >= 0.6 is 0 Å². The summed E-state index contributed by atoms with van der Waals surface area (Å²) < 4.78 is 29.2. The van der Waals surface area contributed by atoms with E-state index in [-0.39, 0.29) is 11.4 Å². The molecule has 0 aliphatic rings. The molecule has 0 fully saturated rings. The largest absolute Gasteiger partial charge is 0.326 e. The van der Waals surface area contributed by atoms with E-state index in [9.17, 15) is 8.42 Å². The smallest absolute Gasteiger partial charge is 0.241 e. The van der Waals surface area contributed by atoms with Crippen molar-refractivity contribution in [3.05, 3.63) is 46.8 Å². The Bertz CT molecular complexity index is 750. The highest BCUT2D eigenvalue weighted by Gasteiger charge is 2.18. The fourth-order valence-corrected chi connectivity index (χ4v) is 3.33. The van der Waals surface area contributed by atoms with E-state index in [4.69, 9.17) is 5.73 Å². The molecule has 7 heteroatoms. The first kappa shape index (κ1) is 15.7. The predicted octanol–water partition coefficient (Wildman–Crippen LogP) is 0.974. The number of hydrogen-bond acceptors (Lipinski definition) is 4. The number of rotatable bonds is 5. The molecule has 0 saturated heterocycles. The summed E-state index contributed by atoms with van der Waals surface area (Å²) in [5, 5.41) is 4.10. The Labute approximate surface area is 125 Å². The maximum absolute atomic E-state index is 12.4. The van der Waals surface area contributed by atoms with E-state index in [1.165, 1.54) is 0 Å². The second kappa shape index (κ2) is 5.97. The molecule has 1 heterocycles. The summed E-state index contributed by atoms with van der Waals surface area (Å²) in [5.74, 6) is 0. The molecular weight excluding hydrogens is 288 g/mol. The van der Waals surface area contributed by atoms with Gasteiger partial charge in [0.2, 0.25) is 10.0 Å². The number of aromatic nitrogens is 2. The fraction of sp³-hybridized carbons (Fsp3) is 0.357. The highest BCUT2D eigenvalue weighted by Crippen LogP contribution is 2.17. The molecule has 1 aromatic heterocycles. The lowest BCUT2D eigenvalue weighted by Gasteiger charge is -2.10. The first-order valence-electron chi connectivity index (χ1n) is 6.62. The Kier molecular flexibility index (Phi) is 4.46. The van der Waals surface area contributed by atoms with Crippen LogP contribution in [0.2, 0.25) is 0 Å². The molecule has 0 unspecified atom stereocenters. The quantitative estimate of drug-likeness (QED) is 0.861. The van der Waals surface area contributed by atoms with Crippen molar-refractivity contribution in [2.24, 2.45) is 12.8 Å². The molecule has 2 aromatic rings. The van der Waals surface area contributed by atoms with E-state index in [0.29, 0.717) is 12.1 Å². The standard InChI is InChI=1S/C14H20N4O2S/c1-10-4-5-12(7-15)6-14(10)21(19,20)17-9-13-8-16-18(3)11(13)2/h4-6,8,17H,7,9,15H2,1-3H3. The monoisotopic (exact) mass is 308 g/mol. The number of benzene rings is 1. The van der Waals surface area contributed by atoms with E-state index in [1.54, 1.807) is 29.9 Å². The zero-order chi connectivity index (χ0) is 15.6. The minimum Gasteiger partial charge on any atom is -0.326 e. The van der Waals surface area contributed by atoms with Crippen LogP contribution in [0, 0.1) is 13.8 Å². The number of nitrogens with zero attached hydrogens (tertiary/aromatic N) is 2. The number of sulfonamides is 1. The van der Waals surface area contributed by atoms with Crippen LogP contribution < -0.4 is 10.5 Å². The Balaban J connectivity index is 2.24. The van der Waals surface area contributed by atoms with E-state index in [0.717, 1.165) is 16.8 Å². The van der Waals surface area contributed by atoms with Crippen molar-refractivity contribution >= 4 is 10.0 Å². The molecule has 0 aliphatic carbocycles. The molecule has 0 bridgehead atoms. The Hall–Kier alpha value is -1.70. The van der Waals surface area contributed by atoms with Gasteiger partial charge in [0, 0.05) is 31.4 Å². The predicted molar refractivity (Wildman–Crippen MR) is 81.0 cm³/mol. The maximum Gasteiger partial charge on any atom is 0.241 e. The van der Waals surface area contributed by atoms with Gasteiger partial charge in [0.25, 0.3) is 0 Å². The van der Waals surface area contributed by atoms with Gasteiger partial charge in [0.15, 0.2) is 0 Å². The number of nitrogens with one attached hydrogen (secondary N) is 1. The molecule has 0 atom stereocenters. The van der Waals surface area contributed by atoms with Gasteiger partial charge in [-0.1, -0.05) is 12.1 Å². The van der Waals surface area contributed by atoms with E-state index < -0.39 is 10.0 Å². The maximum atomic E-state index is 12.4. The molecule has 0 spiro atoms. The van der Waals surface area contributed by atoms with E-state index >= 15 is 0 Å². The van der Waals surface area contributed by atoms with Crippen LogP contribution in [0.4, 0.5) is 0 Å². The SMILES string of the molecule is Cc1ccc(CN)cc1S(=O)(=O)NCc1cnn(C)c1C. The van der Waals surface area contributed by atoms with Crippen LogP contribution in [0.5, 0.6) is 0 Å². The van der Waals surface area contributed by atoms with Crippen LogP contribution in [0.3, 0.4) is 0 Å². The van der Waals surface area contributed by atoms with Gasteiger partial charge >= 0.3 is 0 Å². The van der Waals surface area contributed by atoms with Crippen molar-refractivity contribution in [1.82, 2.24) is 14.5 Å². The lowest BCUT2D eigenvalue weighted by Crippen LogP contribution is -2.24. The Morgan fingerprint density at radius 3 is 2.62 bits per heavy atom. The average molecular weight is 308 g/mol. The highest BCUT2D eigenvalue weighted by molar-refractivity contribution is 7.89. The van der Waals surface area contributed by atoms with Crippen LogP contribution in [-0.4, -0.2) is 18.2 Å². The number of hydrogen-bond donors (Lipinski definition) is 2. The fourth-order valence-electron chi connectivity index (χ4n) is 2.03. The molecule has 0 radical (unpaired) electrons. The van der Waals surface area contributed by atoms with Crippen molar-refractivity contribution in [2.75, 3.05) is 0 Å². The molecule has 0 amide bonds. The van der Waals surface area contributed by atoms with E-state index in [1.807, 2.05) is 20.0 Å². The molecule has 21 heavy (non-hydrogen) atoms. The normalized spacial score (nSPS) is 11.8. The second-order valence-corrected chi connectivity index (χ2v) is 6.74. The first-order valence-corrected chi connectivity index (χ1v) is 8.10. The summed E-state index contributed by atoms with van der Waals surface area (Å²) >= 11 is 0. The van der Waals surface area contributed by atoms with Crippen molar-refractivity contribution in [1.29, 1.82) is 0 Å². The van der Waals surface area contributed by atoms with Crippen molar-refractivity contribution in [2.45, 2.75) is 31.8 Å². The third-order valence-electron chi connectivity index (χ3n) is 3.57. The summed E-state index contributed by atoms with van der Waals surface area (Å²) in [6, 6.07) is 5.22. The summed E-state index contributed by atoms with van der Waals surface area (Å²) in [6.45, 7) is 4.19. The van der Waals surface area contributed by atoms with Crippen molar-refractivity contribution in [3.8, 4) is 0 Å². The van der Waals surface area contributed by atoms with Crippen LogP contribution in [0.1, 0.15) is 22.4 Å². The van der Waals surface area contributed by atoms with Gasteiger partial charge in [-0.2, -0.15) is 5.10 Å². The highest BCUT2D eigenvalue weighted by atomic mass is 32.2. The summed E-state index contributed by atoms with van der Waals surface area (Å²) in [5.41, 5.74) is 8.85. The van der Waals surface area contributed by atoms with Crippen molar-refractivity contribution in [3.63, 3.8) is 0 Å². The van der Waals surface area contributed by atoms with Crippen LogP contribution in [-0.2, 0) is 30.2 Å². The lowest BCUT2D eigenvalue weighted by molar-refractivity contribution is 0.580. The topological polar surface area (TPSA) is 90.0 Å². The Morgan fingerprint density at radius 1 is 1.33 bits per heavy atom. The molecule has 6 nitrogen and oxygen atoms in total. The number of nitrogens with two attached hydrogens (primary N) is 1. The lowest BCUT2D eigenvalue weighted by atomic mass is 10.1. The average Bonchev–Trinajstić information content (AvgIpc) is 2.77. The molecule has 0 saturated carbocycles. The van der Waals surface area contributed by atoms with Gasteiger partial charge in [-0.15, -0.1) is 0 Å². The van der Waals surface area contributed by atoms with Crippen LogP contribution in [0.15, 0.2) is 29.3 Å². The van der Waals surface area contributed by atoms with Gasteiger partial charge in [0.05, 0.1) is 11.1 Å². The molecule has 1 aromatic carbocycles. The minimum absolute atomic E-state index is 0.217. The first-order chi connectivity index (χ1) is 9.85. The van der Waals surface area contributed by atoms with Crippen molar-refractivity contribution < 1.29 is 8.42 Å². The molecule has 3 N–H and O–H groups in total. The second-order valence-electron chi connectivity index (χ2n) is 5.01. The molecule has 2 rings (SSSR count). The third kappa shape index (κ3) is 3.31. The number of aryl methyl sites for hydroxylation is 2. The zero-order valence-electron chi connectivity index (χ0n) is 12.4. The minimum atomic E-state index is -3.57. The third-order valence-corrected chi connectivity index (χ3v) is 5.11. The van der Waals surface area contributed by atoms with E-state index in [2.05, 4.69) is 9.82 Å². The molecular formula is C14H20N4O2S.